The van der Waals surface area contributed by atoms with Crippen LogP contribution >= 0.6 is 8.19 Å². The summed E-state index contributed by atoms with van der Waals surface area (Å²) in [6.45, 7) is 6.89. The zero-order chi connectivity index (χ0) is 13.2. The first-order chi connectivity index (χ1) is 8.83. The molecule has 0 atom stereocenters. The van der Waals surface area contributed by atoms with Gasteiger partial charge in [-0.05, 0) is 60.7 Å². The van der Waals surface area contributed by atoms with Crippen LogP contribution in [0.1, 0.15) is 75.7 Å². The second-order valence-corrected chi connectivity index (χ2v) is 6.30. The Labute approximate surface area is 115 Å². The zero-order valence-electron chi connectivity index (χ0n) is 12.5. The van der Waals surface area contributed by atoms with Gasteiger partial charge in [0.25, 0.3) is 0 Å². The van der Waals surface area contributed by atoms with Crippen molar-refractivity contribution in [1.82, 2.24) is 0 Å². The van der Waals surface area contributed by atoms with Crippen LogP contribution in [-0.4, -0.2) is 0 Å². The standard InChI is InChI=1S/C17H29P/c1-4-7-10-15-13-14-18-17(12-9-6-3)16(15)11-8-5-2/h13-14H,4-12H2,1-3H3. The monoisotopic (exact) mass is 264 g/mol. The molecule has 0 N–H and O–H groups in total. The van der Waals surface area contributed by atoms with Crippen LogP contribution in [0.4, 0.5) is 0 Å². The molecule has 1 heterocycles. The van der Waals surface area contributed by atoms with Crippen LogP contribution < -0.4 is 0 Å². The Hall–Kier alpha value is -0.350. The molecule has 0 aliphatic carbocycles. The maximum Gasteiger partial charge on any atom is -0.0171 e. The molecular weight excluding hydrogens is 235 g/mol. The lowest BCUT2D eigenvalue weighted by Gasteiger charge is -2.14. The molecule has 102 valence electrons. The molecular formula is C17H29P. The van der Waals surface area contributed by atoms with Crippen LogP contribution in [-0.2, 0) is 19.3 Å². The number of rotatable bonds is 9. The van der Waals surface area contributed by atoms with E-state index < -0.39 is 0 Å². The molecule has 0 saturated heterocycles. The lowest BCUT2D eigenvalue weighted by Crippen LogP contribution is -1.99. The highest BCUT2D eigenvalue weighted by Gasteiger charge is 2.08. The summed E-state index contributed by atoms with van der Waals surface area (Å²) in [5, 5.41) is 1.72. The van der Waals surface area contributed by atoms with Gasteiger partial charge in [-0.15, -0.1) is 0 Å². The first kappa shape index (κ1) is 15.7. The fraction of sp³-hybridized carbons (Fsp3) is 0.706. The summed E-state index contributed by atoms with van der Waals surface area (Å²) in [6.07, 6.45) is 11.9. The third-order valence-corrected chi connectivity index (χ3v) is 4.69. The van der Waals surface area contributed by atoms with Crippen LogP contribution in [0.5, 0.6) is 0 Å². The Kier molecular flexibility index (Phi) is 8.34. The summed E-state index contributed by atoms with van der Waals surface area (Å²) in [4.78, 5) is 0. The van der Waals surface area contributed by atoms with E-state index in [1.807, 2.05) is 0 Å². The van der Waals surface area contributed by atoms with Crippen LogP contribution in [0.2, 0.25) is 0 Å². The third-order valence-electron chi connectivity index (χ3n) is 3.59. The fourth-order valence-electron chi connectivity index (χ4n) is 2.40. The van der Waals surface area contributed by atoms with E-state index in [2.05, 4.69) is 32.6 Å². The number of aryl methyl sites for hydroxylation is 2. The fourth-order valence-corrected chi connectivity index (χ4v) is 3.53. The van der Waals surface area contributed by atoms with Crippen molar-refractivity contribution >= 4 is 8.19 Å². The second kappa shape index (κ2) is 9.56. The van der Waals surface area contributed by atoms with Crippen molar-refractivity contribution in [1.29, 1.82) is 0 Å². The van der Waals surface area contributed by atoms with Crippen LogP contribution in [0.3, 0.4) is 0 Å². The molecule has 0 bridgehead atoms. The third kappa shape index (κ3) is 5.11. The van der Waals surface area contributed by atoms with Gasteiger partial charge < -0.3 is 0 Å². The molecule has 18 heavy (non-hydrogen) atoms. The molecule has 0 saturated carbocycles. The molecule has 0 aliphatic rings. The molecule has 1 rings (SSSR count). The van der Waals surface area contributed by atoms with Gasteiger partial charge in [-0.25, -0.2) is 0 Å². The topological polar surface area (TPSA) is 0 Å². The molecule has 1 aromatic heterocycles. The van der Waals surface area contributed by atoms with E-state index in [9.17, 15) is 0 Å². The number of hydrogen-bond donors (Lipinski definition) is 0. The van der Waals surface area contributed by atoms with Crippen molar-refractivity contribution in [2.24, 2.45) is 0 Å². The smallest absolute Gasteiger partial charge is 0.0171 e. The van der Waals surface area contributed by atoms with Gasteiger partial charge in [-0.2, -0.15) is 0 Å². The highest BCUT2D eigenvalue weighted by Crippen LogP contribution is 2.27. The van der Waals surface area contributed by atoms with Gasteiger partial charge in [-0.1, -0.05) is 54.3 Å². The molecule has 0 aliphatic heterocycles. The Morgan fingerprint density at radius 2 is 1.44 bits per heavy atom. The SMILES string of the molecule is CCCCc1ccpc(CCCC)c1CCCC. The average molecular weight is 264 g/mol. The second-order valence-electron chi connectivity index (χ2n) is 5.21. The predicted molar refractivity (Wildman–Crippen MR) is 84.8 cm³/mol. The maximum atomic E-state index is 2.40. The zero-order valence-corrected chi connectivity index (χ0v) is 13.4. The summed E-state index contributed by atoms with van der Waals surface area (Å²) in [5.41, 5.74) is 3.37. The van der Waals surface area contributed by atoms with Gasteiger partial charge in [-0.3, -0.25) is 0 Å². The van der Waals surface area contributed by atoms with Crippen molar-refractivity contribution in [3.8, 4) is 0 Å². The first-order valence-electron chi connectivity index (χ1n) is 7.79. The van der Waals surface area contributed by atoms with Crippen molar-refractivity contribution in [3.05, 3.63) is 28.3 Å². The van der Waals surface area contributed by atoms with E-state index in [-0.39, 0.29) is 0 Å². The Morgan fingerprint density at radius 3 is 2.11 bits per heavy atom. The molecule has 1 aromatic rings. The lowest BCUT2D eigenvalue weighted by molar-refractivity contribution is 0.742. The van der Waals surface area contributed by atoms with Gasteiger partial charge in [0.05, 0.1) is 0 Å². The van der Waals surface area contributed by atoms with Crippen molar-refractivity contribution in [3.63, 3.8) is 0 Å². The summed E-state index contributed by atoms with van der Waals surface area (Å²) >= 11 is 0. The first-order valence-corrected chi connectivity index (χ1v) is 8.75. The van der Waals surface area contributed by atoms with E-state index in [0.717, 1.165) is 0 Å². The van der Waals surface area contributed by atoms with Crippen molar-refractivity contribution in [2.45, 2.75) is 78.6 Å². The number of unbranched alkanes of at least 4 members (excludes halogenated alkanes) is 3. The summed E-state index contributed by atoms with van der Waals surface area (Å²) in [7, 11) is 1.47. The normalized spacial score (nSPS) is 11.3. The molecule has 0 spiro atoms. The molecule has 0 nitrogen and oxygen atoms in total. The van der Waals surface area contributed by atoms with Crippen LogP contribution in [0.15, 0.2) is 11.9 Å². The largest absolute Gasteiger partial charge is 0.0726 e. The van der Waals surface area contributed by atoms with Gasteiger partial charge in [0, 0.05) is 0 Å². The van der Waals surface area contributed by atoms with E-state index in [0.29, 0.717) is 0 Å². The quantitative estimate of drug-likeness (QED) is 0.491. The molecule has 0 aromatic carbocycles. The Bertz CT molecular complexity index is 304. The van der Waals surface area contributed by atoms with Crippen molar-refractivity contribution < 1.29 is 0 Å². The number of hydrogen-bond acceptors (Lipinski definition) is 0. The summed E-state index contributed by atoms with van der Waals surface area (Å²) < 4.78 is 0. The highest BCUT2D eigenvalue weighted by molar-refractivity contribution is 7.30. The van der Waals surface area contributed by atoms with Crippen LogP contribution in [0.25, 0.3) is 0 Å². The lowest BCUT2D eigenvalue weighted by atomic mass is 9.97. The summed E-state index contributed by atoms with van der Waals surface area (Å²) in [5.74, 6) is 2.37. The molecule has 1 heteroatoms. The van der Waals surface area contributed by atoms with Crippen molar-refractivity contribution in [2.75, 3.05) is 0 Å². The molecule has 0 amide bonds. The maximum absolute atomic E-state index is 2.40. The van der Waals surface area contributed by atoms with E-state index in [4.69, 9.17) is 0 Å². The van der Waals surface area contributed by atoms with Gasteiger partial charge >= 0.3 is 0 Å². The van der Waals surface area contributed by atoms with E-state index >= 15 is 0 Å². The predicted octanol–water partition coefficient (Wildman–Crippen LogP) is 6.29. The minimum atomic E-state index is 1.29. The average Bonchev–Trinajstić information content (AvgIpc) is 2.41. The minimum Gasteiger partial charge on any atom is -0.0726 e. The van der Waals surface area contributed by atoms with Gasteiger partial charge in [0.2, 0.25) is 0 Å². The highest BCUT2D eigenvalue weighted by atomic mass is 31.0. The van der Waals surface area contributed by atoms with Gasteiger partial charge in [0.1, 0.15) is 0 Å². The Balaban J connectivity index is 2.85. The molecule has 0 radical (unpaired) electrons. The minimum absolute atomic E-state index is 1.29. The van der Waals surface area contributed by atoms with Crippen LogP contribution in [0, 0.1) is 0 Å². The summed E-state index contributed by atoms with van der Waals surface area (Å²) in [6, 6.07) is 2.40. The Morgan fingerprint density at radius 1 is 0.833 bits per heavy atom. The van der Waals surface area contributed by atoms with E-state index in [1.165, 1.54) is 66.0 Å². The molecule has 0 fully saturated rings. The molecule has 0 unspecified atom stereocenters. The van der Waals surface area contributed by atoms with Gasteiger partial charge in [0.15, 0.2) is 0 Å². The van der Waals surface area contributed by atoms with E-state index in [1.54, 1.807) is 16.4 Å².